The normalized spacial score (nSPS) is 24.8. The molecule has 0 saturated heterocycles. The summed E-state index contributed by atoms with van der Waals surface area (Å²) in [5, 5.41) is 9.17. The molecule has 0 fully saturated rings. The predicted octanol–water partition coefficient (Wildman–Crippen LogP) is 2.08. The van der Waals surface area contributed by atoms with E-state index in [-0.39, 0.29) is 12.0 Å². The van der Waals surface area contributed by atoms with Crippen molar-refractivity contribution in [3.05, 3.63) is 29.8 Å². The van der Waals surface area contributed by atoms with Gasteiger partial charge in [-0.25, -0.2) is 0 Å². The van der Waals surface area contributed by atoms with E-state index in [2.05, 4.69) is 11.8 Å². The molecule has 0 saturated carbocycles. The number of anilines is 1. The summed E-state index contributed by atoms with van der Waals surface area (Å²) < 4.78 is 0. The van der Waals surface area contributed by atoms with Crippen molar-refractivity contribution in [1.29, 1.82) is 0 Å². The van der Waals surface area contributed by atoms with Gasteiger partial charge in [0.2, 0.25) is 0 Å². The van der Waals surface area contributed by atoms with E-state index in [9.17, 15) is 9.90 Å². The topological polar surface area (TPSA) is 40.5 Å². The molecule has 3 heteroatoms. The van der Waals surface area contributed by atoms with Gasteiger partial charge in [-0.05, 0) is 25.0 Å². The molecule has 0 bridgehead atoms. The highest BCUT2D eigenvalue weighted by Gasteiger charge is 2.31. The van der Waals surface area contributed by atoms with Crippen LogP contribution < -0.4 is 4.90 Å². The minimum absolute atomic E-state index is 0.279. The average molecular weight is 205 g/mol. The highest BCUT2D eigenvalue weighted by atomic mass is 16.4. The van der Waals surface area contributed by atoms with Crippen LogP contribution in [0.2, 0.25) is 0 Å². The van der Waals surface area contributed by atoms with Gasteiger partial charge >= 0.3 is 5.97 Å². The first kappa shape index (κ1) is 10.0. The zero-order valence-electron chi connectivity index (χ0n) is 8.97. The minimum atomic E-state index is -0.720. The molecule has 0 aromatic heterocycles. The Morgan fingerprint density at radius 2 is 2.13 bits per heavy atom. The van der Waals surface area contributed by atoms with Gasteiger partial charge in [0.1, 0.15) is 0 Å². The number of carboxylic acids is 1. The van der Waals surface area contributed by atoms with Crippen LogP contribution in [0.1, 0.15) is 24.8 Å². The molecule has 1 aromatic carbocycles. The van der Waals surface area contributed by atoms with Crippen LogP contribution in [-0.4, -0.2) is 24.2 Å². The Kier molecular flexibility index (Phi) is 2.39. The molecule has 0 unspecified atom stereocenters. The van der Waals surface area contributed by atoms with E-state index in [1.165, 1.54) is 0 Å². The third-order valence-corrected chi connectivity index (χ3v) is 3.23. The number of fused-ring (bicyclic) bond motifs is 1. The third-order valence-electron chi connectivity index (χ3n) is 3.23. The number of aliphatic carboxylic acids is 1. The van der Waals surface area contributed by atoms with E-state index < -0.39 is 5.97 Å². The number of nitrogens with zero attached hydrogens (tertiary/aromatic N) is 1. The van der Waals surface area contributed by atoms with Gasteiger partial charge in [-0.2, -0.15) is 0 Å². The average Bonchev–Trinajstić information content (AvgIpc) is 2.23. The van der Waals surface area contributed by atoms with E-state index in [1.807, 2.05) is 31.3 Å². The quantitative estimate of drug-likeness (QED) is 0.763. The third kappa shape index (κ3) is 1.58. The van der Waals surface area contributed by atoms with Crippen LogP contribution in [0.15, 0.2) is 24.3 Å². The summed E-state index contributed by atoms with van der Waals surface area (Å²) in [5.74, 6) is -1.07. The lowest BCUT2D eigenvalue weighted by atomic mass is 9.86. The molecule has 1 aromatic rings. The molecule has 80 valence electrons. The van der Waals surface area contributed by atoms with Crippen molar-refractivity contribution in [2.45, 2.75) is 25.3 Å². The number of carboxylic acid groups (broad SMARTS) is 1. The number of para-hydroxylation sites is 1. The molecule has 1 N–H and O–H groups in total. The molecule has 0 spiro atoms. The van der Waals surface area contributed by atoms with Gasteiger partial charge in [0.05, 0.1) is 5.92 Å². The lowest BCUT2D eigenvalue weighted by Crippen LogP contribution is -2.37. The fourth-order valence-electron chi connectivity index (χ4n) is 2.20. The summed E-state index contributed by atoms with van der Waals surface area (Å²) in [6.07, 6.45) is 0.683. The van der Waals surface area contributed by atoms with Crippen molar-refractivity contribution in [1.82, 2.24) is 0 Å². The Bertz CT molecular complexity index is 389. The Morgan fingerprint density at radius 3 is 2.80 bits per heavy atom. The molecular weight excluding hydrogens is 190 g/mol. The summed E-state index contributed by atoms with van der Waals surface area (Å²) in [6, 6.07) is 8.03. The van der Waals surface area contributed by atoms with Crippen molar-refractivity contribution in [2.24, 2.45) is 0 Å². The Balaban J connectivity index is 2.49. The van der Waals surface area contributed by atoms with Crippen molar-refractivity contribution in [3.63, 3.8) is 0 Å². The van der Waals surface area contributed by atoms with E-state index in [1.54, 1.807) is 0 Å². The molecule has 1 heterocycles. The van der Waals surface area contributed by atoms with Crippen LogP contribution in [0.3, 0.4) is 0 Å². The molecule has 2 atom stereocenters. The smallest absolute Gasteiger partial charge is 0.311 e. The lowest BCUT2D eigenvalue weighted by Gasteiger charge is -2.36. The number of carbonyl (C=O) groups is 1. The summed E-state index contributed by atoms with van der Waals surface area (Å²) in [4.78, 5) is 13.3. The Labute approximate surface area is 89.3 Å². The van der Waals surface area contributed by atoms with Crippen LogP contribution >= 0.6 is 0 Å². The molecule has 15 heavy (non-hydrogen) atoms. The number of hydrogen-bond acceptors (Lipinski definition) is 2. The molecule has 3 nitrogen and oxygen atoms in total. The standard InChI is InChI=1S/C12H15NO2/c1-8-7-10(12(14)15)9-5-3-4-6-11(9)13(8)2/h3-6,8,10H,7H2,1-2H3,(H,14,15)/t8-,10+/m1/s1. The molecule has 2 rings (SSSR count). The summed E-state index contributed by atoms with van der Waals surface area (Å²) >= 11 is 0. The highest BCUT2D eigenvalue weighted by molar-refractivity contribution is 5.80. The molecule has 1 aliphatic rings. The van der Waals surface area contributed by atoms with Crippen LogP contribution in [-0.2, 0) is 4.79 Å². The maximum absolute atomic E-state index is 11.2. The molecule has 0 radical (unpaired) electrons. The summed E-state index contributed by atoms with van der Waals surface area (Å²) in [6.45, 7) is 2.06. The number of rotatable bonds is 1. The van der Waals surface area contributed by atoms with Gasteiger partial charge in [0.25, 0.3) is 0 Å². The first-order valence-corrected chi connectivity index (χ1v) is 5.16. The van der Waals surface area contributed by atoms with Crippen molar-refractivity contribution in [3.8, 4) is 0 Å². The largest absolute Gasteiger partial charge is 0.481 e. The molecular formula is C12H15NO2. The number of hydrogen-bond donors (Lipinski definition) is 1. The fraction of sp³-hybridized carbons (Fsp3) is 0.417. The van der Waals surface area contributed by atoms with E-state index >= 15 is 0 Å². The molecule has 1 aliphatic heterocycles. The minimum Gasteiger partial charge on any atom is -0.481 e. The van der Waals surface area contributed by atoms with Crippen LogP contribution in [0.5, 0.6) is 0 Å². The highest BCUT2D eigenvalue weighted by Crippen LogP contribution is 2.37. The van der Waals surface area contributed by atoms with Gasteiger partial charge < -0.3 is 10.0 Å². The second kappa shape index (κ2) is 3.57. The summed E-state index contributed by atoms with van der Waals surface area (Å²) in [7, 11) is 2.02. The SMILES string of the molecule is C[C@@H]1C[C@H](C(=O)O)c2ccccc2N1C. The van der Waals surface area contributed by atoms with Gasteiger partial charge in [-0.3, -0.25) is 4.79 Å². The first-order valence-electron chi connectivity index (χ1n) is 5.16. The van der Waals surface area contributed by atoms with Gasteiger partial charge in [0.15, 0.2) is 0 Å². The lowest BCUT2D eigenvalue weighted by molar-refractivity contribution is -0.139. The Morgan fingerprint density at radius 1 is 1.47 bits per heavy atom. The molecule has 0 aliphatic carbocycles. The van der Waals surface area contributed by atoms with E-state index in [0.717, 1.165) is 11.3 Å². The van der Waals surface area contributed by atoms with E-state index in [0.29, 0.717) is 6.42 Å². The maximum atomic E-state index is 11.2. The summed E-state index contributed by atoms with van der Waals surface area (Å²) in [5.41, 5.74) is 1.98. The van der Waals surface area contributed by atoms with Crippen LogP contribution in [0.4, 0.5) is 5.69 Å². The maximum Gasteiger partial charge on any atom is 0.311 e. The molecule has 0 amide bonds. The second-order valence-corrected chi connectivity index (χ2v) is 4.15. The van der Waals surface area contributed by atoms with Crippen molar-refractivity contribution >= 4 is 11.7 Å². The zero-order chi connectivity index (χ0) is 11.0. The van der Waals surface area contributed by atoms with Crippen molar-refractivity contribution in [2.75, 3.05) is 11.9 Å². The zero-order valence-corrected chi connectivity index (χ0v) is 8.97. The van der Waals surface area contributed by atoms with Gasteiger partial charge in [-0.15, -0.1) is 0 Å². The first-order chi connectivity index (χ1) is 7.11. The van der Waals surface area contributed by atoms with Crippen LogP contribution in [0.25, 0.3) is 0 Å². The van der Waals surface area contributed by atoms with Crippen molar-refractivity contribution < 1.29 is 9.90 Å². The van der Waals surface area contributed by atoms with Crippen LogP contribution in [0, 0.1) is 0 Å². The van der Waals surface area contributed by atoms with Gasteiger partial charge in [0, 0.05) is 18.8 Å². The monoisotopic (exact) mass is 205 g/mol. The van der Waals surface area contributed by atoms with E-state index in [4.69, 9.17) is 0 Å². The number of benzene rings is 1. The fourth-order valence-corrected chi connectivity index (χ4v) is 2.20. The van der Waals surface area contributed by atoms with Gasteiger partial charge in [-0.1, -0.05) is 18.2 Å². The second-order valence-electron chi connectivity index (χ2n) is 4.15. The predicted molar refractivity (Wildman–Crippen MR) is 59.3 cm³/mol. The Hall–Kier alpha value is -1.51.